The largest absolute Gasteiger partial charge is 0.378 e. The van der Waals surface area contributed by atoms with Crippen molar-refractivity contribution in [1.29, 1.82) is 0 Å². The van der Waals surface area contributed by atoms with Crippen LogP contribution >= 0.6 is 0 Å². The summed E-state index contributed by atoms with van der Waals surface area (Å²) in [6, 6.07) is -0.0658. The minimum Gasteiger partial charge on any atom is -0.378 e. The van der Waals surface area contributed by atoms with E-state index in [1.54, 1.807) is 4.68 Å². The van der Waals surface area contributed by atoms with Gasteiger partial charge in [-0.1, -0.05) is 0 Å². The SMILES string of the molecule is Cc1nn(C)cc1NC(=O)N1CCC(CCC(=O)N2CCOCC2)CC1. The molecule has 0 unspecified atom stereocenters. The quantitative estimate of drug-likeness (QED) is 0.881. The summed E-state index contributed by atoms with van der Waals surface area (Å²) in [5.41, 5.74) is 1.58. The summed E-state index contributed by atoms with van der Waals surface area (Å²) >= 11 is 0. The Balaban J connectivity index is 1.39. The van der Waals surface area contributed by atoms with Gasteiger partial charge in [-0.05, 0) is 32.1 Å². The number of ether oxygens (including phenoxy) is 1. The number of likely N-dealkylation sites (tertiary alicyclic amines) is 1. The maximum absolute atomic E-state index is 12.4. The molecule has 2 fully saturated rings. The maximum atomic E-state index is 12.4. The van der Waals surface area contributed by atoms with Crippen LogP contribution in [0, 0.1) is 12.8 Å². The second-order valence-corrected chi connectivity index (χ2v) is 7.19. The monoisotopic (exact) mass is 363 g/mol. The molecule has 8 heteroatoms. The lowest BCUT2D eigenvalue weighted by atomic mass is 9.92. The van der Waals surface area contributed by atoms with Crippen LogP contribution in [0.25, 0.3) is 0 Å². The molecule has 0 radical (unpaired) electrons. The molecular weight excluding hydrogens is 334 g/mol. The Bertz CT molecular complexity index is 631. The Labute approximate surface area is 154 Å². The lowest BCUT2D eigenvalue weighted by Gasteiger charge is -2.32. The molecule has 26 heavy (non-hydrogen) atoms. The van der Waals surface area contributed by atoms with Gasteiger partial charge < -0.3 is 19.9 Å². The normalized spacial score (nSPS) is 18.8. The van der Waals surface area contributed by atoms with Crippen molar-refractivity contribution in [2.45, 2.75) is 32.6 Å². The highest BCUT2D eigenvalue weighted by Gasteiger charge is 2.25. The molecule has 1 N–H and O–H groups in total. The molecule has 0 spiro atoms. The zero-order valence-corrected chi connectivity index (χ0v) is 15.7. The highest BCUT2D eigenvalue weighted by molar-refractivity contribution is 5.89. The Morgan fingerprint density at radius 3 is 2.50 bits per heavy atom. The first-order valence-electron chi connectivity index (χ1n) is 9.44. The van der Waals surface area contributed by atoms with Crippen LogP contribution < -0.4 is 5.32 Å². The Morgan fingerprint density at radius 1 is 1.19 bits per heavy atom. The molecule has 1 aromatic rings. The molecule has 2 saturated heterocycles. The van der Waals surface area contributed by atoms with E-state index in [9.17, 15) is 9.59 Å². The Morgan fingerprint density at radius 2 is 1.88 bits per heavy atom. The van der Waals surface area contributed by atoms with Gasteiger partial charge in [0.05, 0.1) is 24.6 Å². The summed E-state index contributed by atoms with van der Waals surface area (Å²) in [5.74, 6) is 0.754. The van der Waals surface area contributed by atoms with Crippen molar-refractivity contribution in [2.75, 3.05) is 44.7 Å². The number of aryl methyl sites for hydroxylation is 2. The summed E-state index contributed by atoms with van der Waals surface area (Å²) in [6.45, 7) is 6.08. The van der Waals surface area contributed by atoms with E-state index >= 15 is 0 Å². The topological polar surface area (TPSA) is 79.7 Å². The van der Waals surface area contributed by atoms with E-state index in [2.05, 4.69) is 10.4 Å². The predicted octanol–water partition coefficient (Wildman–Crippen LogP) is 1.61. The average molecular weight is 363 g/mol. The number of anilines is 1. The number of aromatic nitrogens is 2. The summed E-state index contributed by atoms with van der Waals surface area (Å²) in [4.78, 5) is 28.4. The minimum atomic E-state index is -0.0658. The highest BCUT2D eigenvalue weighted by atomic mass is 16.5. The zero-order valence-electron chi connectivity index (χ0n) is 15.7. The van der Waals surface area contributed by atoms with Crippen LogP contribution in [0.1, 0.15) is 31.4 Å². The number of carbonyl (C=O) groups is 2. The predicted molar refractivity (Wildman–Crippen MR) is 97.9 cm³/mol. The number of piperidine rings is 1. The number of amides is 3. The molecule has 8 nitrogen and oxygen atoms in total. The second kappa shape index (κ2) is 8.53. The fraction of sp³-hybridized carbons (Fsp3) is 0.722. The summed E-state index contributed by atoms with van der Waals surface area (Å²) in [6.07, 6.45) is 5.24. The van der Waals surface area contributed by atoms with Crippen LogP contribution in [0.15, 0.2) is 6.20 Å². The van der Waals surface area contributed by atoms with E-state index in [0.29, 0.717) is 38.6 Å². The standard InChI is InChI=1S/C18H29N5O3/c1-14-16(13-21(2)20-14)19-18(25)23-7-5-15(6-8-23)3-4-17(24)22-9-11-26-12-10-22/h13,15H,3-12H2,1-2H3,(H,19,25). The van der Waals surface area contributed by atoms with Crippen LogP contribution in [-0.4, -0.2) is 70.9 Å². The molecule has 0 bridgehead atoms. The third kappa shape index (κ3) is 4.75. The first-order chi connectivity index (χ1) is 12.5. The first-order valence-corrected chi connectivity index (χ1v) is 9.44. The van der Waals surface area contributed by atoms with Crippen LogP contribution in [-0.2, 0) is 16.6 Å². The van der Waals surface area contributed by atoms with E-state index in [-0.39, 0.29) is 11.9 Å². The van der Waals surface area contributed by atoms with Gasteiger partial charge in [-0.2, -0.15) is 5.10 Å². The van der Waals surface area contributed by atoms with Crippen LogP contribution in [0.2, 0.25) is 0 Å². The van der Waals surface area contributed by atoms with E-state index in [1.807, 2.05) is 30.0 Å². The van der Waals surface area contributed by atoms with Crippen LogP contribution in [0.4, 0.5) is 10.5 Å². The van der Waals surface area contributed by atoms with Gasteiger partial charge in [0.25, 0.3) is 0 Å². The molecule has 1 aromatic heterocycles. The number of nitrogens with zero attached hydrogens (tertiary/aromatic N) is 4. The van der Waals surface area contributed by atoms with Crippen molar-refractivity contribution in [3.8, 4) is 0 Å². The fourth-order valence-corrected chi connectivity index (χ4v) is 3.64. The van der Waals surface area contributed by atoms with Gasteiger partial charge in [0, 0.05) is 45.8 Å². The van der Waals surface area contributed by atoms with Crippen LogP contribution in [0.5, 0.6) is 0 Å². The van der Waals surface area contributed by atoms with Crippen molar-refractivity contribution in [3.05, 3.63) is 11.9 Å². The van der Waals surface area contributed by atoms with Crippen molar-refractivity contribution < 1.29 is 14.3 Å². The molecule has 3 rings (SSSR count). The molecule has 0 aromatic carbocycles. The molecule has 3 heterocycles. The van der Waals surface area contributed by atoms with Crippen LogP contribution in [0.3, 0.4) is 0 Å². The van der Waals surface area contributed by atoms with Gasteiger partial charge in [-0.25, -0.2) is 4.79 Å². The van der Waals surface area contributed by atoms with Gasteiger partial charge in [0.15, 0.2) is 0 Å². The lowest BCUT2D eigenvalue weighted by Crippen LogP contribution is -2.42. The highest BCUT2D eigenvalue weighted by Crippen LogP contribution is 2.23. The van der Waals surface area contributed by atoms with Crippen molar-refractivity contribution >= 4 is 17.6 Å². The van der Waals surface area contributed by atoms with E-state index in [4.69, 9.17) is 4.74 Å². The molecule has 3 amide bonds. The second-order valence-electron chi connectivity index (χ2n) is 7.19. The van der Waals surface area contributed by atoms with Gasteiger partial charge in [0.2, 0.25) is 5.91 Å². The lowest BCUT2D eigenvalue weighted by molar-refractivity contribution is -0.135. The van der Waals surface area contributed by atoms with Gasteiger partial charge in [0.1, 0.15) is 0 Å². The van der Waals surface area contributed by atoms with Crippen molar-refractivity contribution in [1.82, 2.24) is 19.6 Å². The fourth-order valence-electron chi connectivity index (χ4n) is 3.64. The molecule has 0 aliphatic carbocycles. The van der Waals surface area contributed by atoms with E-state index in [0.717, 1.165) is 43.7 Å². The van der Waals surface area contributed by atoms with Crippen molar-refractivity contribution in [2.24, 2.45) is 13.0 Å². The minimum absolute atomic E-state index is 0.0658. The Hall–Kier alpha value is -2.09. The number of nitrogens with one attached hydrogen (secondary N) is 1. The molecule has 2 aliphatic rings. The summed E-state index contributed by atoms with van der Waals surface area (Å²) in [7, 11) is 1.84. The molecule has 144 valence electrons. The van der Waals surface area contributed by atoms with E-state index < -0.39 is 0 Å². The summed E-state index contributed by atoms with van der Waals surface area (Å²) < 4.78 is 6.98. The maximum Gasteiger partial charge on any atom is 0.321 e. The molecular formula is C18H29N5O3. The number of carbonyl (C=O) groups excluding carboxylic acids is 2. The van der Waals surface area contributed by atoms with Crippen molar-refractivity contribution in [3.63, 3.8) is 0 Å². The smallest absolute Gasteiger partial charge is 0.321 e. The number of hydrogen-bond donors (Lipinski definition) is 1. The zero-order chi connectivity index (χ0) is 18.5. The molecule has 0 atom stereocenters. The molecule has 2 aliphatic heterocycles. The third-order valence-electron chi connectivity index (χ3n) is 5.29. The first kappa shape index (κ1) is 18.7. The van der Waals surface area contributed by atoms with Gasteiger partial charge in [-0.15, -0.1) is 0 Å². The number of urea groups is 1. The summed E-state index contributed by atoms with van der Waals surface area (Å²) in [5, 5.41) is 7.18. The Kier molecular flexibility index (Phi) is 6.13. The third-order valence-corrected chi connectivity index (χ3v) is 5.29. The molecule has 0 saturated carbocycles. The number of morpholine rings is 1. The number of rotatable bonds is 4. The van der Waals surface area contributed by atoms with E-state index in [1.165, 1.54) is 0 Å². The van der Waals surface area contributed by atoms with Gasteiger partial charge in [-0.3, -0.25) is 9.48 Å². The average Bonchev–Trinajstić information content (AvgIpc) is 2.97. The number of hydrogen-bond acceptors (Lipinski definition) is 4. The van der Waals surface area contributed by atoms with Gasteiger partial charge >= 0.3 is 6.03 Å².